The van der Waals surface area contributed by atoms with Crippen LogP contribution in [0.15, 0.2) is 18.2 Å². The van der Waals surface area contributed by atoms with E-state index in [9.17, 15) is 9.59 Å². The lowest BCUT2D eigenvalue weighted by Crippen LogP contribution is -2.37. The van der Waals surface area contributed by atoms with E-state index < -0.39 is 12.1 Å². The van der Waals surface area contributed by atoms with Crippen molar-refractivity contribution in [3.63, 3.8) is 0 Å². The average molecular weight is 377 g/mol. The molecule has 0 bridgehead atoms. The monoisotopic (exact) mass is 377 g/mol. The number of esters is 1. The third kappa shape index (κ3) is 5.99. The summed E-state index contributed by atoms with van der Waals surface area (Å²) in [5, 5.41) is 2.62. The molecule has 1 aromatic carbocycles. The molecular formula is C20H27NO6. The lowest BCUT2D eigenvalue weighted by atomic mass is 10.1. The van der Waals surface area contributed by atoms with Gasteiger partial charge in [-0.05, 0) is 39.0 Å². The lowest BCUT2D eigenvalue weighted by Gasteiger charge is -2.12. The van der Waals surface area contributed by atoms with Gasteiger partial charge in [0.25, 0.3) is 5.91 Å². The molecule has 0 aliphatic carbocycles. The fourth-order valence-corrected chi connectivity index (χ4v) is 2.71. The molecule has 27 heavy (non-hydrogen) atoms. The van der Waals surface area contributed by atoms with E-state index >= 15 is 0 Å². The lowest BCUT2D eigenvalue weighted by molar-refractivity contribution is -0.150. The molecule has 148 valence electrons. The fraction of sp³-hybridized carbons (Fsp3) is 0.500. The second-order valence-electron chi connectivity index (χ2n) is 6.26. The van der Waals surface area contributed by atoms with E-state index in [2.05, 4.69) is 5.32 Å². The highest BCUT2D eigenvalue weighted by atomic mass is 16.5. The number of rotatable bonds is 9. The molecule has 2 atom stereocenters. The van der Waals surface area contributed by atoms with E-state index in [0.29, 0.717) is 25.5 Å². The Morgan fingerprint density at radius 2 is 2.19 bits per heavy atom. The predicted molar refractivity (Wildman–Crippen MR) is 101 cm³/mol. The van der Waals surface area contributed by atoms with Gasteiger partial charge in [0.15, 0.2) is 6.10 Å². The van der Waals surface area contributed by atoms with Gasteiger partial charge in [-0.15, -0.1) is 0 Å². The average Bonchev–Trinajstić information content (AvgIpc) is 2.98. The van der Waals surface area contributed by atoms with Gasteiger partial charge in [0.2, 0.25) is 0 Å². The van der Waals surface area contributed by atoms with Gasteiger partial charge in [0, 0.05) is 37.3 Å². The van der Waals surface area contributed by atoms with Crippen molar-refractivity contribution in [3.8, 4) is 11.5 Å². The zero-order valence-corrected chi connectivity index (χ0v) is 16.2. The topological polar surface area (TPSA) is 83.1 Å². The summed E-state index contributed by atoms with van der Waals surface area (Å²) in [6.07, 6.45) is 2.94. The molecule has 1 aliphatic heterocycles. The molecule has 1 aromatic rings. The standard InChI is InChI=1S/C20H27NO6/c1-5-25-17-12-16-10-13(2)26-18(16)11-15(17)6-7-19(22)27-14(3)20(23)21-8-9-24-4/h6-7,11-14H,5,8-10H2,1-4H3,(H,21,23)/b7-6+/t13-,14+/m0/s1. The number of carbonyl (C=O) groups excluding carboxylic acids is 2. The van der Waals surface area contributed by atoms with Gasteiger partial charge in [0.1, 0.15) is 17.6 Å². The first-order chi connectivity index (χ1) is 12.9. The van der Waals surface area contributed by atoms with Crippen molar-refractivity contribution in [2.24, 2.45) is 0 Å². The summed E-state index contributed by atoms with van der Waals surface area (Å²) in [6.45, 7) is 6.69. The van der Waals surface area contributed by atoms with Gasteiger partial charge in [0.05, 0.1) is 13.2 Å². The highest BCUT2D eigenvalue weighted by Gasteiger charge is 2.21. The first-order valence-electron chi connectivity index (χ1n) is 9.06. The SMILES string of the molecule is CCOc1cc2c(cc1/C=C/C(=O)O[C@H](C)C(=O)NCCOC)O[C@@H](C)C2. The smallest absolute Gasteiger partial charge is 0.331 e. The van der Waals surface area contributed by atoms with Crippen molar-refractivity contribution >= 4 is 18.0 Å². The molecule has 0 radical (unpaired) electrons. The van der Waals surface area contributed by atoms with Crippen LogP contribution in [0.1, 0.15) is 31.9 Å². The third-order valence-electron chi connectivity index (χ3n) is 3.99. The van der Waals surface area contributed by atoms with E-state index in [-0.39, 0.29) is 12.0 Å². The Hall–Kier alpha value is -2.54. The van der Waals surface area contributed by atoms with Crippen LogP contribution in [0.25, 0.3) is 6.08 Å². The number of amides is 1. The largest absolute Gasteiger partial charge is 0.493 e. The van der Waals surface area contributed by atoms with Gasteiger partial charge in [-0.1, -0.05) is 0 Å². The van der Waals surface area contributed by atoms with E-state index in [1.165, 1.54) is 13.0 Å². The van der Waals surface area contributed by atoms with Crippen molar-refractivity contribution in [1.82, 2.24) is 5.32 Å². The summed E-state index contributed by atoms with van der Waals surface area (Å²) >= 11 is 0. The summed E-state index contributed by atoms with van der Waals surface area (Å²) < 4.78 is 21.4. The molecule has 1 aliphatic rings. The van der Waals surface area contributed by atoms with Crippen molar-refractivity contribution in [3.05, 3.63) is 29.3 Å². The van der Waals surface area contributed by atoms with Crippen LogP contribution in [0.5, 0.6) is 11.5 Å². The molecule has 7 heteroatoms. The number of ether oxygens (including phenoxy) is 4. The van der Waals surface area contributed by atoms with Crippen LogP contribution in [-0.2, 0) is 25.5 Å². The highest BCUT2D eigenvalue weighted by Crippen LogP contribution is 2.35. The van der Waals surface area contributed by atoms with Crippen LogP contribution in [0.3, 0.4) is 0 Å². The first-order valence-corrected chi connectivity index (χ1v) is 9.06. The minimum absolute atomic E-state index is 0.121. The van der Waals surface area contributed by atoms with Gasteiger partial charge < -0.3 is 24.3 Å². The molecule has 2 rings (SSSR count). The molecule has 0 aromatic heterocycles. The Morgan fingerprint density at radius 1 is 1.41 bits per heavy atom. The van der Waals surface area contributed by atoms with E-state index in [4.69, 9.17) is 18.9 Å². The summed E-state index contributed by atoms with van der Waals surface area (Å²) in [7, 11) is 1.54. The Bertz CT molecular complexity index is 700. The number of hydrogen-bond donors (Lipinski definition) is 1. The van der Waals surface area contributed by atoms with E-state index in [1.54, 1.807) is 13.2 Å². The molecule has 0 saturated carbocycles. The van der Waals surface area contributed by atoms with Crippen LogP contribution in [0.2, 0.25) is 0 Å². The van der Waals surface area contributed by atoms with E-state index in [0.717, 1.165) is 23.3 Å². The third-order valence-corrected chi connectivity index (χ3v) is 3.99. The number of fused-ring (bicyclic) bond motifs is 1. The molecule has 1 N–H and O–H groups in total. The van der Waals surface area contributed by atoms with Gasteiger partial charge in [-0.25, -0.2) is 4.79 Å². The normalized spacial score (nSPS) is 16.5. The quantitative estimate of drug-likeness (QED) is 0.403. The molecular weight excluding hydrogens is 350 g/mol. The van der Waals surface area contributed by atoms with Crippen LogP contribution >= 0.6 is 0 Å². The van der Waals surface area contributed by atoms with Gasteiger partial charge in [-0.2, -0.15) is 0 Å². The zero-order valence-electron chi connectivity index (χ0n) is 16.2. The maximum absolute atomic E-state index is 12.0. The Labute approximate surface area is 159 Å². The van der Waals surface area contributed by atoms with Crippen molar-refractivity contribution < 1.29 is 28.5 Å². The van der Waals surface area contributed by atoms with Crippen LogP contribution in [0.4, 0.5) is 0 Å². The molecule has 0 fully saturated rings. The Kier molecular flexibility index (Phi) is 7.67. The summed E-state index contributed by atoms with van der Waals surface area (Å²) in [5.41, 5.74) is 1.81. The van der Waals surface area contributed by atoms with Crippen LogP contribution in [-0.4, -0.2) is 51.0 Å². The number of methoxy groups -OCH3 is 1. The molecule has 0 spiro atoms. The van der Waals surface area contributed by atoms with Crippen molar-refractivity contribution in [2.45, 2.75) is 39.4 Å². The summed E-state index contributed by atoms with van der Waals surface area (Å²) in [5.74, 6) is 0.499. The molecule has 0 saturated heterocycles. The minimum atomic E-state index is -0.894. The number of benzene rings is 1. The summed E-state index contributed by atoms with van der Waals surface area (Å²) in [6, 6.07) is 3.80. The second-order valence-corrected chi connectivity index (χ2v) is 6.26. The highest BCUT2D eigenvalue weighted by molar-refractivity contribution is 5.90. The zero-order chi connectivity index (χ0) is 19.8. The van der Waals surface area contributed by atoms with Gasteiger partial charge in [-0.3, -0.25) is 4.79 Å². The van der Waals surface area contributed by atoms with E-state index in [1.807, 2.05) is 26.0 Å². The first kappa shape index (κ1) is 20.8. The van der Waals surface area contributed by atoms with Crippen molar-refractivity contribution in [1.29, 1.82) is 0 Å². The maximum atomic E-state index is 12.0. The van der Waals surface area contributed by atoms with Crippen LogP contribution in [0, 0.1) is 0 Å². The molecule has 1 amide bonds. The van der Waals surface area contributed by atoms with Crippen molar-refractivity contribution in [2.75, 3.05) is 26.9 Å². The minimum Gasteiger partial charge on any atom is -0.493 e. The van der Waals surface area contributed by atoms with Gasteiger partial charge >= 0.3 is 5.97 Å². The fourth-order valence-electron chi connectivity index (χ4n) is 2.71. The number of nitrogens with one attached hydrogen (secondary N) is 1. The Morgan fingerprint density at radius 3 is 2.89 bits per heavy atom. The molecule has 7 nitrogen and oxygen atoms in total. The Balaban J connectivity index is 2.01. The summed E-state index contributed by atoms with van der Waals surface area (Å²) in [4.78, 5) is 23.9. The predicted octanol–water partition coefficient (Wildman–Crippen LogP) is 2.12. The maximum Gasteiger partial charge on any atom is 0.331 e. The van der Waals surface area contributed by atoms with Crippen LogP contribution < -0.4 is 14.8 Å². The molecule has 1 heterocycles. The number of hydrogen-bond acceptors (Lipinski definition) is 6. The number of carbonyl (C=O) groups is 2. The second kappa shape index (κ2) is 9.97. The molecule has 0 unspecified atom stereocenters.